The summed E-state index contributed by atoms with van der Waals surface area (Å²) < 4.78 is 62.2. The molecule has 0 bridgehead atoms. The van der Waals surface area contributed by atoms with E-state index >= 15 is 9.59 Å². The molecule has 3 aliphatic carbocycles. The zero-order valence-corrected chi connectivity index (χ0v) is 66.9. The smallest absolute Gasteiger partial charge is 0.445 e. The number of rotatable bonds is 43. The first-order valence-corrected chi connectivity index (χ1v) is 40.7. The van der Waals surface area contributed by atoms with Crippen LogP contribution in [0.25, 0.3) is 21.5 Å². The highest BCUT2D eigenvalue weighted by Gasteiger charge is 3.02. The van der Waals surface area contributed by atoms with Gasteiger partial charge >= 0.3 is 26.0 Å². The lowest BCUT2D eigenvalue weighted by molar-refractivity contribution is -0.138. The molecule has 0 saturated heterocycles. The van der Waals surface area contributed by atoms with Crippen LogP contribution in [0.3, 0.4) is 0 Å². The molecular formula is C79H99Cl2N10O22P. The number of hydrogen-bond acceptors (Lipinski definition) is 20. The Morgan fingerprint density at radius 1 is 0.623 bits per heavy atom. The molecule has 35 heteroatoms. The summed E-state index contributed by atoms with van der Waals surface area (Å²) in [7, 11) is -1.97. The summed E-state index contributed by atoms with van der Waals surface area (Å²) in [5, 5.41) is 13.3. The van der Waals surface area contributed by atoms with E-state index in [1.807, 2.05) is 44.2 Å². The second-order valence-electron chi connectivity index (χ2n) is 29.5. The number of ether oxygens (including phenoxy) is 8. The molecule has 32 nitrogen and oxygen atoms in total. The van der Waals surface area contributed by atoms with Crippen molar-refractivity contribution in [1.29, 1.82) is 0 Å². The SMILES string of the molecule is CC(C)[C@H](NC(=O)CCOCCOCCOCCOCCOCCOCCN1C(=O)C=CC1=O)C(=O)N[C@@H](CCCNC(N)=O)C(=O)Nc1ccc(COC(=O)N(C)CCN(C)C(=O)Oc2cc3c(c4ccccc24)[C@H](CCl)CN3C(=O)C23C(C)C2C2(C(=O)N4CC(CCl)c5c4cc(OP(=O)(O)O)c4ccccc54)C(C)C23)cc1. The Morgan fingerprint density at radius 3 is 1.57 bits per heavy atom. The Kier molecular flexibility index (Phi) is 28.7. The molecule has 6 aliphatic rings. The minimum atomic E-state index is -5.01. The molecular weight excluding hydrogens is 1540 g/mol. The van der Waals surface area contributed by atoms with E-state index in [9.17, 15) is 52.7 Å². The number of anilines is 3. The van der Waals surface area contributed by atoms with Gasteiger partial charge in [0.1, 0.15) is 30.2 Å². The summed E-state index contributed by atoms with van der Waals surface area (Å²) in [6, 6.07) is 21.3. The molecule has 3 fully saturated rings. The first kappa shape index (κ1) is 85.8. The maximum absolute atomic E-state index is 15.5. The third kappa shape index (κ3) is 19.1. The van der Waals surface area contributed by atoms with Crippen molar-refractivity contribution in [2.75, 3.05) is 160 Å². The fourth-order valence-electron chi connectivity index (χ4n) is 16.6. The van der Waals surface area contributed by atoms with Crippen LogP contribution in [-0.4, -0.2) is 241 Å². The molecule has 0 spiro atoms. The minimum Gasteiger partial charge on any atom is -0.445 e. The molecule has 5 aromatic carbocycles. The Morgan fingerprint density at radius 2 is 1.09 bits per heavy atom. The number of hydrogen-bond donors (Lipinski definition) is 7. The van der Waals surface area contributed by atoms with Gasteiger partial charge in [0.2, 0.25) is 29.5 Å². The van der Waals surface area contributed by atoms with Crippen molar-refractivity contribution in [3.8, 4) is 11.5 Å². The van der Waals surface area contributed by atoms with Gasteiger partial charge in [0.05, 0.1) is 108 Å². The molecule has 5 aromatic rings. The van der Waals surface area contributed by atoms with Gasteiger partial charge in [-0.1, -0.05) is 88.4 Å². The summed E-state index contributed by atoms with van der Waals surface area (Å²) in [6.45, 7) is 11.6. The Labute approximate surface area is 669 Å². The number of halogens is 2. The van der Waals surface area contributed by atoms with Gasteiger partial charge in [0.15, 0.2) is 0 Å². The molecule has 7 unspecified atom stereocenters. The number of likely N-dealkylation sites (N-methyl/N-ethyl adjacent to an activating group) is 2. The number of primary amides is 1. The molecule has 3 heterocycles. The van der Waals surface area contributed by atoms with E-state index in [1.165, 1.54) is 42.1 Å². The van der Waals surface area contributed by atoms with Crippen LogP contribution in [-0.2, 0) is 77.9 Å². The van der Waals surface area contributed by atoms with Crippen molar-refractivity contribution in [2.24, 2.45) is 46.2 Å². The van der Waals surface area contributed by atoms with Crippen LogP contribution in [0.1, 0.15) is 75.5 Å². The number of alkyl halides is 2. The number of nitrogens with two attached hydrogens (primary N) is 1. The first-order chi connectivity index (χ1) is 54.7. The number of nitrogens with one attached hydrogen (secondary N) is 4. The number of amides is 11. The van der Waals surface area contributed by atoms with Crippen molar-refractivity contribution in [3.05, 3.63) is 114 Å². The number of carbonyl (C=O) groups excluding carboxylic acids is 10. The highest BCUT2D eigenvalue weighted by atomic mass is 35.5. The van der Waals surface area contributed by atoms with Gasteiger partial charge in [-0.15, -0.1) is 23.2 Å². The maximum atomic E-state index is 15.5. The van der Waals surface area contributed by atoms with Crippen LogP contribution in [0.4, 0.5) is 31.4 Å². The number of phosphoric acid groups is 1. The van der Waals surface area contributed by atoms with E-state index in [0.29, 0.717) is 91.6 Å². The van der Waals surface area contributed by atoms with E-state index in [2.05, 4.69) is 21.3 Å². The van der Waals surface area contributed by atoms with Crippen molar-refractivity contribution in [2.45, 2.75) is 77.5 Å². The number of benzene rings is 5. The molecule has 114 heavy (non-hydrogen) atoms. The van der Waals surface area contributed by atoms with Gasteiger partial charge in [-0.2, -0.15) is 0 Å². The van der Waals surface area contributed by atoms with Crippen LogP contribution in [0.5, 0.6) is 11.5 Å². The van der Waals surface area contributed by atoms with Crippen LogP contribution in [0.2, 0.25) is 0 Å². The quantitative estimate of drug-likeness (QED) is 0.00881. The molecule has 3 saturated carbocycles. The summed E-state index contributed by atoms with van der Waals surface area (Å²) in [5.74, 6) is -4.06. The monoisotopic (exact) mass is 1640 g/mol. The van der Waals surface area contributed by atoms with Crippen LogP contribution >= 0.6 is 31.0 Å². The maximum Gasteiger partial charge on any atom is 0.524 e. The Balaban J connectivity index is 0.603. The van der Waals surface area contributed by atoms with E-state index in [4.69, 9.17) is 71.4 Å². The summed E-state index contributed by atoms with van der Waals surface area (Å²) in [6.07, 6.45) is 1.30. The minimum absolute atomic E-state index is 0.0244. The van der Waals surface area contributed by atoms with Gasteiger partial charge in [-0.3, -0.25) is 48.2 Å². The van der Waals surface area contributed by atoms with Gasteiger partial charge in [0, 0.05) is 118 Å². The molecule has 3 aliphatic heterocycles. The number of phosphoric ester groups is 1. The molecule has 11 amide bonds. The third-order valence-electron chi connectivity index (χ3n) is 22.2. The third-order valence-corrected chi connectivity index (χ3v) is 23.3. The molecule has 8 N–H and O–H groups in total. The van der Waals surface area contributed by atoms with Crippen molar-refractivity contribution in [1.82, 2.24) is 30.7 Å². The highest BCUT2D eigenvalue weighted by Crippen LogP contribution is 2.97. The van der Waals surface area contributed by atoms with Gasteiger partial charge in [-0.05, 0) is 82.0 Å². The summed E-state index contributed by atoms with van der Waals surface area (Å²) in [4.78, 5) is 161. The lowest BCUT2D eigenvalue weighted by Crippen LogP contribution is -2.54. The van der Waals surface area contributed by atoms with E-state index in [1.54, 1.807) is 72.2 Å². The van der Waals surface area contributed by atoms with Crippen LogP contribution < -0.4 is 46.1 Å². The fourth-order valence-corrected chi connectivity index (χ4v) is 17.5. The van der Waals surface area contributed by atoms with Crippen LogP contribution in [0, 0.1) is 40.4 Å². The number of imide groups is 1. The molecule has 616 valence electrons. The lowest BCUT2D eigenvalue weighted by Gasteiger charge is -2.37. The zero-order valence-electron chi connectivity index (χ0n) is 64.5. The van der Waals surface area contributed by atoms with E-state index < -0.39 is 66.7 Å². The predicted molar refractivity (Wildman–Crippen MR) is 420 cm³/mol. The number of carbonyl (C=O) groups is 10. The van der Waals surface area contributed by atoms with E-state index in [0.717, 1.165) is 21.4 Å². The van der Waals surface area contributed by atoms with Gasteiger partial charge in [0.25, 0.3) is 11.8 Å². The predicted octanol–water partition coefficient (Wildman–Crippen LogP) is 7.15. The zero-order chi connectivity index (χ0) is 81.8. The largest absolute Gasteiger partial charge is 0.524 e. The second kappa shape index (κ2) is 38.1. The first-order valence-electron chi connectivity index (χ1n) is 38.1. The highest BCUT2D eigenvalue weighted by molar-refractivity contribution is 7.46. The van der Waals surface area contributed by atoms with Crippen molar-refractivity contribution in [3.63, 3.8) is 0 Å². The Bertz CT molecular complexity index is 4450. The average molecular weight is 1640 g/mol. The topological polar surface area (TPSA) is 402 Å². The lowest BCUT2D eigenvalue weighted by atomic mass is 9.72. The summed E-state index contributed by atoms with van der Waals surface area (Å²) in [5.41, 5.74) is 7.08. The number of fused-ring (bicyclic) bond motifs is 10. The van der Waals surface area contributed by atoms with Crippen LogP contribution in [0.15, 0.2) is 97.1 Å². The van der Waals surface area contributed by atoms with Crippen molar-refractivity contribution >= 4 is 129 Å². The number of urea groups is 1. The second-order valence-corrected chi connectivity index (χ2v) is 31.3. The molecule has 0 radical (unpaired) electrons. The average Bonchev–Trinajstić information content (AvgIpc) is 1.39. The van der Waals surface area contributed by atoms with Gasteiger partial charge < -0.3 is 89.0 Å². The normalized spacial score (nSPS) is 21.3. The summed E-state index contributed by atoms with van der Waals surface area (Å²) >= 11 is 13.4. The fraction of sp³-hybridized carbons (Fsp3) is 0.519. The van der Waals surface area contributed by atoms with E-state index in [-0.39, 0.29) is 180 Å². The van der Waals surface area contributed by atoms with Gasteiger partial charge in [-0.25, -0.2) is 18.9 Å². The molecule has 0 aromatic heterocycles. The standard InChI is InChI=1S/C79H99Cl2N10O22P/c1-47(2)68(86-63(92)23-28-105-30-32-107-34-36-109-38-39-110-37-35-108-33-31-106-29-27-89-64(93)21-22-65(89)94)72(96)85-58(16-11-24-83-75(82)99)71(95)84-53-19-17-50(18-20-53)46-111-76(100)87(5)25-26-88(6)77(101)112-61-40-59-66(56-14-9-7-12-54(56)61)51(42-80)44-90(59)73(97)78-48(3)69(78)79(49(4)70(78)79)74(98)91-45-52(43-81)67-57-15-10-8-13-55(57)62(41-60(67)91)113-114(102,103)104/h7-10,12-15,17-22,40-41,47-49,51-52,58,68-70H,11,16,23-39,42-46H2,1-6H3,(H,84,95)(H,85,96)(H,86,92)(H3,82,83,99)(H2,102,103,104)/t48?,49?,51-,52?,58+,68+,69?,70?,78?,79?/m1/s1. The van der Waals surface area contributed by atoms with Crippen molar-refractivity contribution < 1.29 is 105 Å². The molecule has 10 atom stereocenters. The molecule has 11 rings (SSSR count). The Hall–Kier alpha value is -9.05. The number of nitrogens with zero attached hydrogens (tertiary/aromatic N) is 5.